The van der Waals surface area contributed by atoms with Crippen LogP contribution in [0.2, 0.25) is 5.02 Å². The predicted octanol–water partition coefficient (Wildman–Crippen LogP) is 2.90. The first kappa shape index (κ1) is 19.0. The predicted molar refractivity (Wildman–Crippen MR) is 102 cm³/mol. The Morgan fingerprint density at radius 1 is 1.31 bits per heavy atom. The number of urea groups is 1. The molecule has 0 aliphatic carbocycles. The topological polar surface area (TPSA) is 61.9 Å². The molecule has 2 saturated heterocycles. The van der Waals surface area contributed by atoms with Gasteiger partial charge in [-0.05, 0) is 49.9 Å². The number of carbonyl (C=O) groups excluding carboxylic acids is 2. The molecule has 6 nitrogen and oxygen atoms in total. The molecule has 2 aliphatic rings. The van der Waals surface area contributed by atoms with E-state index in [9.17, 15) is 9.59 Å². The van der Waals surface area contributed by atoms with E-state index < -0.39 is 0 Å². The molecule has 1 atom stereocenters. The highest BCUT2D eigenvalue weighted by molar-refractivity contribution is 6.30. The minimum atomic E-state index is -0.172. The number of nitrogens with zero attached hydrogens (tertiary/aromatic N) is 2. The molecule has 0 unspecified atom stereocenters. The first-order valence-electron chi connectivity index (χ1n) is 9.26. The van der Waals surface area contributed by atoms with Gasteiger partial charge in [0.05, 0.1) is 6.04 Å². The van der Waals surface area contributed by atoms with E-state index in [-0.39, 0.29) is 18.0 Å². The smallest absolute Gasteiger partial charge is 0.317 e. The van der Waals surface area contributed by atoms with Gasteiger partial charge in [0.1, 0.15) is 0 Å². The summed E-state index contributed by atoms with van der Waals surface area (Å²) in [6, 6.07) is 6.93. The van der Waals surface area contributed by atoms with Crippen molar-refractivity contribution in [2.75, 3.05) is 37.7 Å². The van der Waals surface area contributed by atoms with Crippen LogP contribution >= 0.6 is 11.6 Å². The lowest BCUT2D eigenvalue weighted by Gasteiger charge is -2.30. The minimum Gasteiger partial charge on any atom is -0.381 e. The van der Waals surface area contributed by atoms with Gasteiger partial charge in [0, 0.05) is 50.0 Å². The Morgan fingerprint density at radius 2 is 2.00 bits per heavy atom. The van der Waals surface area contributed by atoms with Crippen molar-refractivity contribution in [2.45, 2.75) is 32.2 Å². The first-order chi connectivity index (χ1) is 12.6. The van der Waals surface area contributed by atoms with Crippen LogP contribution in [0.5, 0.6) is 0 Å². The third kappa shape index (κ3) is 4.68. The average molecular weight is 380 g/mol. The largest absolute Gasteiger partial charge is 0.381 e. The Morgan fingerprint density at radius 3 is 2.65 bits per heavy atom. The van der Waals surface area contributed by atoms with Gasteiger partial charge < -0.3 is 19.9 Å². The third-order valence-electron chi connectivity index (χ3n) is 5.08. The molecule has 1 aromatic rings. The van der Waals surface area contributed by atoms with E-state index in [0.717, 1.165) is 38.3 Å². The van der Waals surface area contributed by atoms with Crippen molar-refractivity contribution in [3.05, 3.63) is 29.3 Å². The summed E-state index contributed by atoms with van der Waals surface area (Å²) in [6.07, 6.45) is 2.31. The van der Waals surface area contributed by atoms with E-state index in [1.165, 1.54) is 0 Å². The van der Waals surface area contributed by atoms with Crippen molar-refractivity contribution in [3.63, 3.8) is 0 Å². The van der Waals surface area contributed by atoms with Crippen molar-refractivity contribution >= 4 is 29.2 Å². The minimum absolute atomic E-state index is 0.0186. The lowest BCUT2D eigenvalue weighted by Crippen LogP contribution is -2.47. The zero-order chi connectivity index (χ0) is 18.5. The summed E-state index contributed by atoms with van der Waals surface area (Å²) in [5.74, 6) is 0.510. The summed E-state index contributed by atoms with van der Waals surface area (Å²) in [6.45, 7) is 5.42. The number of carbonyl (C=O) groups is 2. The fourth-order valence-electron chi connectivity index (χ4n) is 3.54. The molecule has 0 saturated carbocycles. The highest BCUT2D eigenvalue weighted by Crippen LogP contribution is 2.23. The number of benzene rings is 1. The van der Waals surface area contributed by atoms with Gasteiger partial charge in [-0.1, -0.05) is 11.6 Å². The Hall–Kier alpha value is -1.79. The molecule has 2 aliphatic heterocycles. The monoisotopic (exact) mass is 379 g/mol. The molecule has 0 aromatic heterocycles. The van der Waals surface area contributed by atoms with Crippen molar-refractivity contribution in [1.29, 1.82) is 0 Å². The molecule has 0 bridgehead atoms. The maximum atomic E-state index is 12.6. The second kappa shape index (κ2) is 8.73. The highest BCUT2D eigenvalue weighted by Gasteiger charge is 2.32. The average Bonchev–Trinajstić information content (AvgIpc) is 3.01. The van der Waals surface area contributed by atoms with Crippen LogP contribution in [0.3, 0.4) is 0 Å². The van der Waals surface area contributed by atoms with Crippen LogP contribution < -0.4 is 10.2 Å². The molecule has 2 fully saturated rings. The maximum absolute atomic E-state index is 12.6. The van der Waals surface area contributed by atoms with Gasteiger partial charge in [-0.3, -0.25) is 4.79 Å². The second-order valence-corrected chi connectivity index (χ2v) is 7.36. The highest BCUT2D eigenvalue weighted by atomic mass is 35.5. The van der Waals surface area contributed by atoms with Gasteiger partial charge >= 0.3 is 6.03 Å². The molecule has 3 amide bonds. The number of halogens is 1. The van der Waals surface area contributed by atoms with Crippen molar-refractivity contribution < 1.29 is 14.3 Å². The van der Waals surface area contributed by atoms with Gasteiger partial charge in [-0.25, -0.2) is 4.79 Å². The van der Waals surface area contributed by atoms with Crippen LogP contribution in [0, 0.1) is 5.92 Å². The molecule has 0 radical (unpaired) electrons. The third-order valence-corrected chi connectivity index (χ3v) is 5.33. The van der Waals surface area contributed by atoms with Gasteiger partial charge in [0.15, 0.2) is 0 Å². The molecular formula is C19H26ClN3O3. The molecule has 2 heterocycles. The van der Waals surface area contributed by atoms with E-state index in [1.807, 2.05) is 24.0 Å². The van der Waals surface area contributed by atoms with E-state index in [0.29, 0.717) is 30.5 Å². The molecule has 26 heavy (non-hydrogen) atoms. The van der Waals surface area contributed by atoms with Crippen molar-refractivity contribution in [2.24, 2.45) is 5.92 Å². The molecule has 1 N–H and O–H groups in total. The number of anilines is 1. The summed E-state index contributed by atoms with van der Waals surface area (Å²) in [5.41, 5.74) is 0.811. The Bertz CT molecular complexity index is 631. The molecular weight excluding hydrogens is 354 g/mol. The first-order valence-corrected chi connectivity index (χ1v) is 9.63. The van der Waals surface area contributed by atoms with Gasteiger partial charge in [0.25, 0.3) is 0 Å². The van der Waals surface area contributed by atoms with Crippen molar-refractivity contribution in [1.82, 2.24) is 10.2 Å². The fraction of sp³-hybridized carbons (Fsp3) is 0.579. The molecule has 7 heteroatoms. The summed E-state index contributed by atoms with van der Waals surface area (Å²) < 4.78 is 5.39. The van der Waals surface area contributed by atoms with E-state index in [4.69, 9.17) is 16.3 Å². The van der Waals surface area contributed by atoms with Crippen LogP contribution in [-0.4, -0.2) is 55.7 Å². The lowest BCUT2D eigenvalue weighted by molar-refractivity contribution is -0.117. The Labute approximate surface area is 159 Å². The number of nitrogens with one attached hydrogen (secondary N) is 1. The van der Waals surface area contributed by atoms with Crippen LogP contribution in [0.4, 0.5) is 10.5 Å². The SMILES string of the molecule is CCN(CC1CCOCC1)C(=O)N[C@@H]1CC(=O)N(c2ccc(Cl)cc2)C1. The van der Waals surface area contributed by atoms with Gasteiger partial charge in [-0.2, -0.15) is 0 Å². The zero-order valence-electron chi connectivity index (χ0n) is 15.1. The van der Waals surface area contributed by atoms with Crippen molar-refractivity contribution in [3.8, 4) is 0 Å². The summed E-state index contributed by atoms with van der Waals surface area (Å²) >= 11 is 5.91. The van der Waals surface area contributed by atoms with Crippen LogP contribution in [-0.2, 0) is 9.53 Å². The Kier molecular flexibility index (Phi) is 6.38. The normalized spacial score (nSPS) is 21.1. The number of hydrogen-bond acceptors (Lipinski definition) is 3. The zero-order valence-corrected chi connectivity index (χ0v) is 15.9. The molecule has 142 valence electrons. The number of hydrogen-bond donors (Lipinski definition) is 1. The maximum Gasteiger partial charge on any atom is 0.317 e. The fourth-order valence-corrected chi connectivity index (χ4v) is 3.66. The quantitative estimate of drug-likeness (QED) is 0.855. The van der Waals surface area contributed by atoms with Crippen LogP contribution in [0.1, 0.15) is 26.2 Å². The molecule has 0 spiro atoms. The van der Waals surface area contributed by atoms with E-state index >= 15 is 0 Å². The second-order valence-electron chi connectivity index (χ2n) is 6.93. The Balaban J connectivity index is 1.55. The van der Waals surface area contributed by atoms with E-state index in [1.54, 1.807) is 17.0 Å². The summed E-state index contributed by atoms with van der Waals surface area (Å²) in [7, 11) is 0. The van der Waals surface area contributed by atoms with E-state index in [2.05, 4.69) is 5.32 Å². The number of ether oxygens (including phenoxy) is 1. The molecule has 3 rings (SSSR count). The van der Waals surface area contributed by atoms with Gasteiger partial charge in [-0.15, -0.1) is 0 Å². The number of rotatable bonds is 5. The summed E-state index contributed by atoms with van der Waals surface area (Å²) in [5, 5.41) is 3.66. The molecule has 1 aromatic carbocycles. The van der Waals surface area contributed by atoms with Crippen LogP contribution in [0.15, 0.2) is 24.3 Å². The van der Waals surface area contributed by atoms with Crippen LogP contribution in [0.25, 0.3) is 0 Å². The standard InChI is InChI=1S/C19H26ClN3O3/c1-2-22(12-14-7-9-26-10-8-14)19(25)21-16-11-18(24)23(13-16)17-5-3-15(20)4-6-17/h3-6,14,16H,2,7-13H2,1H3,(H,21,25)/t16-/m1/s1. The lowest BCUT2D eigenvalue weighted by atomic mass is 10.00. The van der Waals surface area contributed by atoms with Gasteiger partial charge in [0.2, 0.25) is 5.91 Å². The number of amides is 3. The summed E-state index contributed by atoms with van der Waals surface area (Å²) in [4.78, 5) is 28.5.